The molecular weight excluding hydrogens is 469 g/mol. The number of hydrogen-bond donors (Lipinski definition) is 0. The van der Waals surface area contributed by atoms with Gasteiger partial charge in [0.2, 0.25) is 0 Å². The molecule has 1 amide bonds. The van der Waals surface area contributed by atoms with Gasteiger partial charge in [-0.15, -0.1) is 0 Å². The first-order valence-electron chi connectivity index (χ1n) is 9.69. The second kappa shape index (κ2) is 9.01. The van der Waals surface area contributed by atoms with E-state index in [1.54, 1.807) is 43.4 Å². The van der Waals surface area contributed by atoms with E-state index in [9.17, 15) is 9.18 Å². The van der Waals surface area contributed by atoms with Gasteiger partial charge in [0.05, 0.1) is 20.3 Å². The van der Waals surface area contributed by atoms with E-state index < -0.39 is 6.04 Å². The summed E-state index contributed by atoms with van der Waals surface area (Å²) in [5.74, 6) is 1.38. The molecule has 1 atom stereocenters. The first-order chi connectivity index (χ1) is 15.0. The third-order valence-electron chi connectivity index (χ3n) is 5.27. The molecule has 1 aliphatic rings. The van der Waals surface area contributed by atoms with Gasteiger partial charge in [0.15, 0.2) is 21.9 Å². The Morgan fingerprint density at radius 1 is 1.13 bits per heavy atom. The number of carbonyl (C=O) groups is 1. The maximum absolute atomic E-state index is 13.2. The highest BCUT2D eigenvalue weighted by molar-refractivity contribution is 9.10. The zero-order valence-electron chi connectivity index (χ0n) is 17.1. The summed E-state index contributed by atoms with van der Waals surface area (Å²) in [4.78, 5) is 14.9. The Morgan fingerprint density at radius 2 is 1.84 bits per heavy atom. The number of rotatable bonds is 6. The fourth-order valence-corrected chi connectivity index (χ4v) is 4.03. The summed E-state index contributed by atoms with van der Waals surface area (Å²) in [5.41, 5.74) is 1.96. The third-order valence-corrected chi connectivity index (χ3v) is 5.70. The van der Waals surface area contributed by atoms with Crippen molar-refractivity contribution in [2.75, 3.05) is 27.4 Å². The number of benzene rings is 2. The molecule has 1 aromatic heterocycles. The van der Waals surface area contributed by atoms with Crippen molar-refractivity contribution in [2.24, 2.45) is 0 Å². The quantitative estimate of drug-likeness (QED) is 0.486. The van der Waals surface area contributed by atoms with Gasteiger partial charge in [-0.3, -0.25) is 4.79 Å². The van der Waals surface area contributed by atoms with Crippen LogP contribution in [0.1, 0.15) is 27.7 Å². The Hall–Kier alpha value is -3.00. The summed E-state index contributed by atoms with van der Waals surface area (Å²) in [6.07, 6.45) is 0.649. The number of amides is 1. The molecule has 2 aromatic carbocycles. The van der Waals surface area contributed by atoms with Crippen LogP contribution in [0.4, 0.5) is 4.39 Å². The van der Waals surface area contributed by atoms with Gasteiger partial charge in [0, 0.05) is 6.54 Å². The second-order valence-corrected chi connectivity index (χ2v) is 7.82. The van der Waals surface area contributed by atoms with Crippen molar-refractivity contribution >= 4 is 21.8 Å². The average molecular weight is 490 g/mol. The van der Waals surface area contributed by atoms with Crippen molar-refractivity contribution in [1.29, 1.82) is 0 Å². The Morgan fingerprint density at radius 3 is 2.48 bits per heavy atom. The Labute approximate surface area is 187 Å². The van der Waals surface area contributed by atoms with Crippen LogP contribution in [0.5, 0.6) is 17.2 Å². The van der Waals surface area contributed by atoms with Crippen LogP contribution >= 0.6 is 15.9 Å². The van der Waals surface area contributed by atoms with Crippen LogP contribution in [0, 0.1) is 5.82 Å². The van der Waals surface area contributed by atoms with Gasteiger partial charge in [0.1, 0.15) is 18.2 Å². The Kier molecular flexibility index (Phi) is 6.18. The van der Waals surface area contributed by atoms with E-state index in [0.29, 0.717) is 34.9 Å². The molecule has 0 N–H and O–H groups in total. The van der Waals surface area contributed by atoms with Gasteiger partial charge < -0.3 is 23.5 Å². The van der Waals surface area contributed by atoms with Gasteiger partial charge in [-0.2, -0.15) is 0 Å². The van der Waals surface area contributed by atoms with Crippen LogP contribution in [-0.4, -0.2) is 38.2 Å². The predicted molar refractivity (Wildman–Crippen MR) is 115 cm³/mol. The maximum Gasteiger partial charge on any atom is 0.290 e. The normalized spacial score (nSPS) is 15.4. The van der Waals surface area contributed by atoms with Crippen molar-refractivity contribution in [1.82, 2.24) is 4.90 Å². The van der Waals surface area contributed by atoms with Crippen LogP contribution in [0.3, 0.4) is 0 Å². The number of hydrogen-bond acceptors (Lipinski definition) is 5. The van der Waals surface area contributed by atoms with Crippen LogP contribution in [0.2, 0.25) is 0 Å². The fourth-order valence-electron chi connectivity index (χ4n) is 3.73. The molecule has 1 aliphatic heterocycles. The van der Waals surface area contributed by atoms with E-state index in [-0.39, 0.29) is 24.1 Å². The summed E-state index contributed by atoms with van der Waals surface area (Å²) >= 11 is 3.24. The Bertz CT molecular complexity index is 1080. The lowest BCUT2D eigenvalue weighted by Gasteiger charge is -2.37. The summed E-state index contributed by atoms with van der Waals surface area (Å²) in [5, 5.41) is 0. The van der Waals surface area contributed by atoms with Crippen LogP contribution in [0.25, 0.3) is 0 Å². The van der Waals surface area contributed by atoms with Gasteiger partial charge in [0.25, 0.3) is 5.91 Å². The van der Waals surface area contributed by atoms with Gasteiger partial charge in [-0.25, -0.2) is 4.39 Å². The molecule has 4 rings (SSSR count). The number of carbonyl (C=O) groups excluding carboxylic acids is 1. The van der Waals surface area contributed by atoms with E-state index in [2.05, 4.69) is 15.9 Å². The van der Waals surface area contributed by atoms with Gasteiger partial charge >= 0.3 is 0 Å². The number of halogens is 2. The zero-order valence-corrected chi connectivity index (χ0v) is 18.6. The van der Waals surface area contributed by atoms with E-state index >= 15 is 0 Å². The second-order valence-electron chi connectivity index (χ2n) is 7.04. The van der Waals surface area contributed by atoms with Crippen molar-refractivity contribution in [3.8, 4) is 17.2 Å². The van der Waals surface area contributed by atoms with Gasteiger partial charge in [-0.1, -0.05) is 0 Å². The number of nitrogens with zero attached hydrogens (tertiary/aromatic N) is 1. The highest BCUT2D eigenvalue weighted by Gasteiger charge is 2.34. The minimum atomic E-state index is -0.398. The molecule has 0 aliphatic carbocycles. The smallest absolute Gasteiger partial charge is 0.290 e. The van der Waals surface area contributed by atoms with Crippen molar-refractivity contribution in [3.63, 3.8) is 0 Å². The fraction of sp³-hybridized carbons (Fsp3) is 0.261. The summed E-state index contributed by atoms with van der Waals surface area (Å²) in [7, 11) is 3.16. The highest BCUT2D eigenvalue weighted by Crippen LogP contribution is 2.39. The zero-order chi connectivity index (χ0) is 22.0. The molecule has 6 nitrogen and oxygen atoms in total. The topological polar surface area (TPSA) is 61.1 Å². The summed E-state index contributed by atoms with van der Waals surface area (Å²) < 4.78 is 36.1. The summed E-state index contributed by atoms with van der Waals surface area (Å²) in [6, 6.07) is 12.5. The molecule has 0 saturated heterocycles. The number of furan rings is 1. The number of methoxy groups -OCH3 is 2. The number of fused-ring (bicyclic) bond motifs is 1. The standard InChI is InChI=1S/C23H21BrFNO5/c1-28-20-11-14-9-10-26(23(27)19-7-8-22(24)31-19)18(17(14)12-21(20)29-2)13-30-16-5-3-15(25)4-6-16/h3-8,11-12,18H,9-10,13H2,1-2H3. The van der Waals surface area contributed by atoms with Crippen LogP contribution in [0.15, 0.2) is 57.6 Å². The van der Waals surface area contributed by atoms with E-state index in [1.165, 1.54) is 12.1 Å². The first-order valence-corrected chi connectivity index (χ1v) is 10.5. The molecule has 8 heteroatoms. The average Bonchev–Trinajstić information content (AvgIpc) is 3.23. The van der Waals surface area contributed by atoms with E-state index in [0.717, 1.165) is 11.1 Å². The molecule has 0 bridgehead atoms. The van der Waals surface area contributed by atoms with E-state index in [4.69, 9.17) is 18.6 Å². The van der Waals surface area contributed by atoms with Crippen molar-refractivity contribution < 1.29 is 27.8 Å². The minimum absolute atomic E-state index is 0.182. The number of ether oxygens (including phenoxy) is 3. The van der Waals surface area contributed by atoms with Crippen molar-refractivity contribution in [3.05, 3.63) is 75.9 Å². The molecule has 31 heavy (non-hydrogen) atoms. The molecule has 162 valence electrons. The first kappa shape index (κ1) is 21.2. The summed E-state index contributed by atoms with van der Waals surface area (Å²) in [6.45, 7) is 0.665. The molecule has 0 spiro atoms. The van der Waals surface area contributed by atoms with E-state index in [1.807, 2.05) is 12.1 Å². The molecule has 0 radical (unpaired) electrons. The molecular formula is C23H21BrFNO5. The highest BCUT2D eigenvalue weighted by atomic mass is 79.9. The Balaban J connectivity index is 1.69. The van der Waals surface area contributed by atoms with Crippen LogP contribution in [-0.2, 0) is 6.42 Å². The molecule has 1 unspecified atom stereocenters. The van der Waals surface area contributed by atoms with Crippen LogP contribution < -0.4 is 14.2 Å². The molecule has 0 fully saturated rings. The SMILES string of the molecule is COc1cc2c(cc1OC)C(COc1ccc(F)cc1)N(C(=O)c1ccc(Br)o1)CC2. The van der Waals surface area contributed by atoms with Crippen molar-refractivity contribution in [2.45, 2.75) is 12.5 Å². The lowest BCUT2D eigenvalue weighted by atomic mass is 9.92. The lowest BCUT2D eigenvalue weighted by Crippen LogP contribution is -2.42. The predicted octanol–water partition coefficient (Wildman–Crippen LogP) is 5.02. The third kappa shape index (κ3) is 4.39. The monoisotopic (exact) mass is 489 g/mol. The molecule has 0 saturated carbocycles. The van der Waals surface area contributed by atoms with Gasteiger partial charge in [-0.05, 0) is 82.0 Å². The molecule has 2 heterocycles. The molecule has 3 aromatic rings. The maximum atomic E-state index is 13.2. The lowest BCUT2D eigenvalue weighted by molar-refractivity contribution is 0.0556. The largest absolute Gasteiger partial charge is 0.493 e. The minimum Gasteiger partial charge on any atom is -0.493 e.